The lowest BCUT2D eigenvalue weighted by Gasteiger charge is -2.19. The Bertz CT molecular complexity index is 1420. The molecule has 5 rings (SSSR count). The van der Waals surface area contributed by atoms with Gasteiger partial charge in [-0.05, 0) is 31.0 Å². The fourth-order valence-corrected chi connectivity index (χ4v) is 4.89. The van der Waals surface area contributed by atoms with Gasteiger partial charge in [0, 0.05) is 18.3 Å². The van der Waals surface area contributed by atoms with Crippen molar-refractivity contribution in [2.45, 2.75) is 18.9 Å². The average Bonchev–Trinajstić information content (AvgIpc) is 3.23. The zero-order valence-corrected chi connectivity index (χ0v) is 19.6. The van der Waals surface area contributed by atoms with Crippen LogP contribution in [-0.2, 0) is 4.74 Å². The van der Waals surface area contributed by atoms with Crippen molar-refractivity contribution in [2.75, 3.05) is 19.1 Å². The Labute approximate surface area is 203 Å². The second-order valence-corrected chi connectivity index (χ2v) is 8.87. The predicted octanol–water partition coefficient (Wildman–Crippen LogP) is 3.66. The van der Waals surface area contributed by atoms with E-state index in [4.69, 9.17) is 15.2 Å². The van der Waals surface area contributed by atoms with Crippen LogP contribution in [0.15, 0.2) is 42.9 Å². The van der Waals surface area contributed by atoms with Crippen LogP contribution in [0.5, 0.6) is 5.75 Å². The molecule has 180 valence electrons. The van der Waals surface area contributed by atoms with E-state index in [1.807, 2.05) is 4.90 Å². The third-order valence-electron chi connectivity index (χ3n) is 5.55. The number of hydrogen-bond acceptors (Lipinski definition) is 8. The lowest BCUT2D eigenvalue weighted by atomic mass is 10.2. The number of carbonyl (C=O) groups is 2. The van der Waals surface area contributed by atoms with E-state index in [-0.39, 0.29) is 11.7 Å². The van der Waals surface area contributed by atoms with E-state index in [9.17, 15) is 14.0 Å². The van der Waals surface area contributed by atoms with Crippen molar-refractivity contribution in [3.63, 3.8) is 0 Å². The Balaban J connectivity index is 1.54. The van der Waals surface area contributed by atoms with Crippen LogP contribution >= 0.6 is 11.3 Å². The van der Waals surface area contributed by atoms with Gasteiger partial charge in [0.15, 0.2) is 10.8 Å². The molecule has 3 N–H and O–H groups in total. The normalized spacial score (nSPS) is 13.0. The topological polar surface area (TPSA) is 128 Å². The van der Waals surface area contributed by atoms with Gasteiger partial charge in [-0.25, -0.2) is 18.9 Å². The van der Waals surface area contributed by atoms with Crippen molar-refractivity contribution < 1.29 is 23.5 Å². The largest absolute Gasteiger partial charge is 0.494 e. The highest BCUT2D eigenvalue weighted by Gasteiger charge is 2.35. The minimum absolute atomic E-state index is 0.0986. The number of thiazole rings is 1. The zero-order valence-electron chi connectivity index (χ0n) is 18.8. The second-order valence-electron chi connectivity index (χ2n) is 7.89. The number of nitrogens with two attached hydrogens (primary N) is 1. The van der Waals surface area contributed by atoms with Gasteiger partial charge in [-0.1, -0.05) is 11.3 Å². The van der Waals surface area contributed by atoms with E-state index in [1.54, 1.807) is 29.2 Å². The summed E-state index contributed by atoms with van der Waals surface area (Å²) in [5, 5.41) is 5.00. The number of primary amides is 1. The molecule has 3 heterocycles. The maximum Gasteiger partial charge on any atom is 0.339 e. The number of hydrogen-bond donors (Lipinski definition) is 2. The summed E-state index contributed by atoms with van der Waals surface area (Å²) >= 11 is 1.28. The van der Waals surface area contributed by atoms with Gasteiger partial charge in [-0.2, -0.15) is 5.10 Å². The van der Waals surface area contributed by atoms with E-state index < -0.39 is 17.7 Å². The van der Waals surface area contributed by atoms with Gasteiger partial charge >= 0.3 is 5.97 Å². The molecule has 12 heteroatoms. The Kier molecular flexibility index (Phi) is 5.73. The van der Waals surface area contributed by atoms with Gasteiger partial charge < -0.3 is 25.1 Å². The summed E-state index contributed by atoms with van der Waals surface area (Å²) < 4.78 is 25.3. The molecule has 1 saturated carbocycles. The first-order chi connectivity index (χ1) is 16.9. The molecule has 0 radical (unpaired) electrons. The Morgan fingerprint density at radius 2 is 2.09 bits per heavy atom. The number of benzene rings is 1. The summed E-state index contributed by atoms with van der Waals surface area (Å²) in [4.78, 5) is 34.1. The molecule has 0 aliphatic heterocycles. The number of rotatable bonds is 8. The van der Waals surface area contributed by atoms with E-state index >= 15 is 0 Å². The number of nitrogens with one attached hydrogen (secondary N) is 1. The lowest BCUT2D eigenvalue weighted by Crippen LogP contribution is -2.19. The minimum Gasteiger partial charge on any atom is -0.494 e. The second kappa shape index (κ2) is 8.87. The van der Waals surface area contributed by atoms with Crippen LogP contribution in [0.4, 0.5) is 15.2 Å². The van der Waals surface area contributed by atoms with Crippen LogP contribution in [-0.4, -0.2) is 51.9 Å². The number of anilines is 2. The Morgan fingerprint density at radius 3 is 2.77 bits per heavy atom. The summed E-state index contributed by atoms with van der Waals surface area (Å²) in [6.07, 6.45) is 6.87. The number of methoxy groups -OCH3 is 2. The number of halogens is 1. The fraction of sp³-hybridized carbons (Fsp3) is 0.217. The third-order valence-corrected chi connectivity index (χ3v) is 6.64. The molecule has 10 nitrogen and oxygen atoms in total. The van der Waals surface area contributed by atoms with Crippen molar-refractivity contribution in [3.8, 4) is 22.0 Å². The van der Waals surface area contributed by atoms with Crippen molar-refractivity contribution in [1.82, 2.24) is 19.7 Å². The van der Waals surface area contributed by atoms with Crippen molar-refractivity contribution >= 4 is 34.0 Å². The Hall–Kier alpha value is -4.19. The number of amides is 1. The molecule has 0 saturated heterocycles. The van der Waals surface area contributed by atoms with Crippen LogP contribution in [0.2, 0.25) is 0 Å². The highest BCUT2D eigenvalue weighted by atomic mass is 32.1. The van der Waals surface area contributed by atoms with Gasteiger partial charge in [0.25, 0.3) is 5.91 Å². The molecule has 0 atom stereocenters. The van der Waals surface area contributed by atoms with Crippen molar-refractivity contribution in [1.29, 1.82) is 0 Å². The molecule has 0 unspecified atom stereocenters. The molecule has 1 aliphatic rings. The zero-order chi connectivity index (χ0) is 24.7. The molecule has 1 aliphatic carbocycles. The van der Waals surface area contributed by atoms with E-state index in [2.05, 4.69) is 15.1 Å². The van der Waals surface area contributed by atoms with E-state index in [0.29, 0.717) is 32.7 Å². The number of esters is 1. The quantitative estimate of drug-likeness (QED) is 0.356. The summed E-state index contributed by atoms with van der Waals surface area (Å²) in [7, 11) is 2.76. The summed E-state index contributed by atoms with van der Waals surface area (Å²) in [5.41, 5.74) is 7.91. The number of ether oxygens (including phenoxy) is 2. The summed E-state index contributed by atoms with van der Waals surface area (Å²) in [5.74, 6) is -1.25. The molecule has 4 aromatic rings. The SMILES string of the molecule is COC(=O)c1c[nH]c(-c2sc(N(c3cnn(-c4ccc(F)cc4OC)c3)C3CC3)nc2C(N)=O)c1. The third kappa shape index (κ3) is 4.23. The van der Waals surface area contributed by atoms with Gasteiger partial charge in [0.1, 0.15) is 17.3 Å². The van der Waals surface area contributed by atoms with Gasteiger partial charge in [-0.15, -0.1) is 0 Å². The highest BCUT2D eigenvalue weighted by Crippen LogP contribution is 2.43. The monoisotopic (exact) mass is 496 g/mol. The molecule has 1 amide bonds. The lowest BCUT2D eigenvalue weighted by molar-refractivity contribution is 0.0601. The number of H-pyrrole nitrogens is 1. The fourth-order valence-electron chi connectivity index (χ4n) is 3.74. The minimum atomic E-state index is -0.681. The molecular formula is C23H21FN6O4S. The average molecular weight is 497 g/mol. The number of aromatic nitrogens is 4. The van der Waals surface area contributed by atoms with Gasteiger partial charge in [0.05, 0.1) is 48.4 Å². The molecule has 0 spiro atoms. The smallest absolute Gasteiger partial charge is 0.339 e. The van der Waals surface area contributed by atoms with Crippen LogP contribution in [0.25, 0.3) is 16.3 Å². The van der Waals surface area contributed by atoms with E-state index in [0.717, 1.165) is 18.5 Å². The molecular weight excluding hydrogens is 475 g/mol. The highest BCUT2D eigenvalue weighted by molar-refractivity contribution is 7.19. The summed E-state index contributed by atoms with van der Waals surface area (Å²) in [6, 6.07) is 5.99. The summed E-state index contributed by atoms with van der Waals surface area (Å²) in [6.45, 7) is 0. The van der Waals surface area contributed by atoms with Crippen molar-refractivity contribution in [3.05, 3.63) is 59.9 Å². The van der Waals surface area contributed by atoms with E-state index in [1.165, 1.54) is 43.9 Å². The molecule has 0 bridgehead atoms. The first-order valence-electron chi connectivity index (χ1n) is 10.6. The standard InChI is InChI=1S/C23H21FN6O4S/c1-33-18-8-13(24)3-6-17(18)29-11-15(10-27-29)30(14-4-5-14)23-28-19(21(25)31)20(35-23)16-7-12(9-26-16)22(32)34-2/h3,6-11,14,26H,4-5H2,1-2H3,(H2,25,31). The van der Waals surface area contributed by atoms with Gasteiger partial charge in [-0.3, -0.25) is 4.79 Å². The number of carbonyl (C=O) groups excluding carboxylic acids is 2. The predicted molar refractivity (Wildman–Crippen MR) is 127 cm³/mol. The van der Waals surface area contributed by atoms with Crippen LogP contribution in [0, 0.1) is 5.82 Å². The van der Waals surface area contributed by atoms with Gasteiger partial charge in [0.2, 0.25) is 0 Å². The number of aromatic amines is 1. The maximum atomic E-state index is 13.6. The van der Waals surface area contributed by atoms with Crippen LogP contribution in [0.3, 0.4) is 0 Å². The number of nitrogens with zero attached hydrogens (tertiary/aromatic N) is 4. The van der Waals surface area contributed by atoms with Crippen LogP contribution in [0.1, 0.15) is 33.7 Å². The first kappa shape index (κ1) is 22.6. The molecule has 1 aromatic carbocycles. The van der Waals surface area contributed by atoms with Crippen LogP contribution < -0.4 is 15.4 Å². The molecule has 35 heavy (non-hydrogen) atoms. The first-order valence-corrected chi connectivity index (χ1v) is 11.5. The molecule has 3 aromatic heterocycles. The maximum absolute atomic E-state index is 13.6. The Morgan fingerprint density at radius 1 is 1.29 bits per heavy atom. The van der Waals surface area contributed by atoms with Crippen molar-refractivity contribution in [2.24, 2.45) is 5.73 Å². The molecule has 1 fully saturated rings.